The molecule has 100 valence electrons. The van der Waals surface area contributed by atoms with E-state index in [9.17, 15) is 13.6 Å². The van der Waals surface area contributed by atoms with Crippen LogP contribution in [0.25, 0.3) is 0 Å². The minimum atomic E-state index is -2.98. The van der Waals surface area contributed by atoms with Gasteiger partial charge in [0.25, 0.3) is 0 Å². The maximum atomic E-state index is 12.2. The largest absolute Gasteiger partial charge is 0.490 e. The molecule has 1 atom stereocenters. The molecule has 0 aromatic heterocycles. The maximum Gasteiger partial charge on any atom is 0.387 e. The zero-order valence-electron chi connectivity index (χ0n) is 9.97. The number of halogens is 2. The smallest absolute Gasteiger partial charge is 0.387 e. The van der Waals surface area contributed by atoms with Crippen molar-refractivity contribution in [3.8, 4) is 17.6 Å². The van der Waals surface area contributed by atoms with Gasteiger partial charge in [0.1, 0.15) is 0 Å². The minimum Gasteiger partial charge on any atom is -0.490 e. The highest BCUT2D eigenvalue weighted by atomic mass is 19.3. The molecular weight excluding hydrogens is 258 g/mol. The first-order valence-corrected chi connectivity index (χ1v) is 5.30. The van der Waals surface area contributed by atoms with Crippen molar-refractivity contribution in [3.05, 3.63) is 23.8 Å². The number of alkyl halides is 2. The summed E-state index contributed by atoms with van der Waals surface area (Å²) in [6.07, 6.45) is 1.28. The van der Waals surface area contributed by atoms with Crippen LogP contribution in [0.2, 0.25) is 0 Å². The molecule has 0 bridgehead atoms. The van der Waals surface area contributed by atoms with Crippen LogP contribution in [0.3, 0.4) is 0 Å². The number of nitriles is 1. The highest BCUT2D eigenvalue weighted by Crippen LogP contribution is 2.32. The van der Waals surface area contributed by atoms with Crippen molar-refractivity contribution in [2.75, 3.05) is 6.61 Å². The number of ether oxygens (including phenoxy) is 2. The summed E-state index contributed by atoms with van der Waals surface area (Å²) in [6.45, 7) is -1.08. The standard InChI is InChI=1S/C12H10F2N2O3/c1-2-18-11-5-8(9(6-15)16-7-17)3-4-10(11)19-12(13)14/h3-5,9,12H,2H2,1H3. The summed E-state index contributed by atoms with van der Waals surface area (Å²) in [5, 5.41) is 8.83. The average molecular weight is 268 g/mol. The molecule has 0 saturated carbocycles. The summed E-state index contributed by atoms with van der Waals surface area (Å²) < 4.78 is 33.8. The molecule has 7 heteroatoms. The predicted molar refractivity (Wildman–Crippen MR) is 60.7 cm³/mol. The molecule has 0 aliphatic heterocycles. The number of hydrogen-bond acceptors (Lipinski definition) is 5. The van der Waals surface area contributed by atoms with E-state index >= 15 is 0 Å². The second-order valence-electron chi connectivity index (χ2n) is 3.27. The van der Waals surface area contributed by atoms with Gasteiger partial charge in [-0.3, -0.25) is 0 Å². The molecule has 5 nitrogen and oxygen atoms in total. The highest BCUT2D eigenvalue weighted by molar-refractivity contribution is 5.46. The Kier molecular flexibility index (Phi) is 5.45. The third kappa shape index (κ3) is 4.05. The van der Waals surface area contributed by atoms with Crippen molar-refractivity contribution in [1.29, 1.82) is 5.26 Å². The van der Waals surface area contributed by atoms with Gasteiger partial charge in [-0.1, -0.05) is 6.07 Å². The van der Waals surface area contributed by atoms with Crippen molar-refractivity contribution in [3.63, 3.8) is 0 Å². The summed E-state index contributed by atoms with van der Waals surface area (Å²) in [4.78, 5) is 13.5. The lowest BCUT2D eigenvalue weighted by atomic mass is 10.1. The summed E-state index contributed by atoms with van der Waals surface area (Å²) >= 11 is 0. The van der Waals surface area contributed by atoms with Crippen LogP contribution in [0.5, 0.6) is 11.5 Å². The van der Waals surface area contributed by atoms with Crippen LogP contribution in [-0.2, 0) is 4.79 Å². The molecule has 0 fully saturated rings. The molecule has 1 rings (SSSR count). The van der Waals surface area contributed by atoms with Crippen molar-refractivity contribution in [2.45, 2.75) is 19.6 Å². The first-order valence-electron chi connectivity index (χ1n) is 5.30. The Morgan fingerprint density at radius 1 is 1.42 bits per heavy atom. The van der Waals surface area contributed by atoms with Crippen LogP contribution in [0.15, 0.2) is 23.2 Å². The lowest BCUT2D eigenvalue weighted by Crippen LogP contribution is -2.05. The van der Waals surface area contributed by atoms with Gasteiger partial charge in [0.15, 0.2) is 17.5 Å². The Bertz CT molecular complexity index is 522. The van der Waals surface area contributed by atoms with Gasteiger partial charge in [-0.05, 0) is 24.6 Å². The SMILES string of the molecule is CCOc1cc(C(C#N)N=C=O)ccc1OC(F)F. The molecule has 0 aliphatic rings. The molecule has 19 heavy (non-hydrogen) atoms. The predicted octanol–water partition coefficient (Wildman–Crippen LogP) is 2.59. The van der Waals surface area contributed by atoms with E-state index in [4.69, 9.17) is 10.00 Å². The van der Waals surface area contributed by atoms with Crippen LogP contribution < -0.4 is 9.47 Å². The zero-order chi connectivity index (χ0) is 14.3. The zero-order valence-corrected chi connectivity index (χ0v) is 9.97. The first kappa shape index (κ1) is 14.6. The van der Waals surface area contributed by atoms with Gasteiger partial charge in [-0.15, -0.1) is 0 Å². The first-order chi connectivity index (χ1) is 9.12. The Balaban J connectivity index is 3.14. The Labute approximate surface area is 108 Å². The second-order valence-corrected chi connectivity index (χ2v) is 3.27. The number of carbonyl (C=O) groups excluding carboxylic acids is 1. The molecule has 0 radical (unpaired) electrons. The summed E-state index contributed by atoms with van der Waals surface area (Å²) in [5.41, 5.74) is 0.330. The quantitative estimate of drug-likeness (QED) is 0.587. The fourth-order valence-corrected chi connectivity index (χ4v) is 1.39. The van der Waals surface area contributed by atoms with Crippen molar-refractivity contribution >= 4 is 6.08 Å². The molecule has 0 amide bonds. The monoisotopic (exact) mass is 268 g/mol. The van der Waals surface area contributed by atoms with E-state index < -0.39 is 12.7 Å². The second kappa shape index (κ2) is 7.09. The molecule has 1 aromatic rings. The van der Waals surface area contributed by atoms with E-state index in [1.54, 1.807) is 13.0 Å². The molecule has 1 unspecified atom stereocenters. The van der Waals surface area contributed by atoms with Crippen LogP contribution in [0.4, 0.5) is 8.78 Å². The average Bonchev–Trinajstić information content (AvgIpc) is 2.38. The lowest BCUT2D eigenvalue weighted by Gasteiger charge is -2.13. The minimum absolute atomic E-state index is 0.0571. The van der Waals surface area contributed by atoms with E-state index in [1.165, 1.54) is 24.3 Å². The maximum absolute atomic E-state index is 12.2. The van der Waals surface area contributed by atoms with Gasteiger partial charge in [-0.2, -0.15) is 19.0 Å². The van der Waals surface area contributed by atoms with Crippen LogP contribution in [0.1, 0.15) is 18.5 Å². The van der Waals surface area contributed by atoms with Gasteiger partial charge in [0, 0.05) is 0 Å². The number of hydrogen-bond donors (Lipinski definition) is 0. The van der Waals surface area contributed by atoms with Crippen molar-refractivity contribution < 1.29 is 23.0 Å². The molecule has 0 saturated heterocycles. The normalized spacial score (nSPS) is 11.3. The van der Waals surface area contributed by atoms with Gasteiger partial charge >= 0.3 is 6.61 Å². The van der Waals surface area contributed by atoms with Crippen LogP contribution in [0, 0.1) is 11.3 Å². The summed E-state index contributed by atoms with van der Waals surface area (Å²) in [5.74, 6) is -0.0889. The van der Waals surface area contributed by atoms with Gasteiger partial charge < -0.3 is 9.47 Å². The van der Waals surface area contributed by atoms with Crippen molar-refractivity contribution in [2.24, 2.45) is 4.99 Å². The topological polar surface area (TPSA) is 71.7 Å². The number of benzene rings is 1. The van der Waals surface area contributed by atoms with Gasteiger partial charge in [0.05, 0.1) is 12.7 Å². The van der Waals surface area contributed by atoms with E-state index in [0.29, 0.717) is 5.56 Å². The highest BCUT2D eigenvalue weighted by Gasteiger charge is 2.15. The number of nitrogens with zero attached hydrogens (tertiary/aromatic N) is 2. The van der Waals surface area contributed by atoms with Gasteiger partial charge in [0.2, 0.25) is 6.08 Å². The van der Waals surface area contributed by atoms with Crippen LogP contribution >= 0.6 is 0 Å². The van der Waals surface area contributed by atoms with Gasteiger partial charge in [-0.25, -0.2) is 4.79 Å². The summed E-state index contributed by atoms with van der Waals surface area (Å²) in [7, 11) is 0. The third-order valence-electron chi connectivity index (χ3n) is 2.10. The fourth-order valence-electron chi connectivity index (χ4n) is 1.39. The van der Waals surface area contributed by atoms with Crippen molar-refractivity contribution in [1.82, 2.24) is 0 Å². The lowest BCUT2D eigenvalue weighted by molar-refractivity contribution is -0.0514. The molecule has 0 heterocycles. The summed E-state index contributed by atoms with van der Waals surface area (Å²) in [6, 6.07) is 4.64. The molecular formula is C12H10F2N2O3. The van der Waals surface area contributed by atoms with E-state index in [1.807, 2.05) is 0 Å². The Hall–Kier alpha value is -2.45. The number of isocyanates is 1. The molecule has 0 N–H and O–H groups in total. The molecule has 0 aliphatic carbocycles. The number of aliphatic imine (C=N–C) groups is 1. The number of rotatable bonds is 6. The Morgan fingerprint density at radius 2 is 2.16 bits per heavy atom. The fraction of sp³-hybridized carbons (Fsp3) is 0.333. The van der Waals surface area contributed by atoms with Crippen LogP contribution in [-0.4, -0.2) is 19.3 Å². The molecule has 0 spiro atoms. The Morgan fingerprint density at radius 3 is 2.68 bits per heavy atom. The van der Waals surface area contributed by atoms with E-state index in [2.05, 4.69) is 9.73 Å². The van der Waals surface area contributed by atoms with E-state index in [0.717, 1.165) is 0 Å². The molecule has 1 aromatic carbocycles. The third-order valence-corrected chi connectivity index (χ3v) is 2.10. The van der Waals surface area contributed by atoms with E-state index in [-0.39, 0.29) is 18.1 Å².